The summed E-state index contributed by atoms with van der Waals surface area (Å²) in [5.41, 5.74) is 7.46. The SMILES string of the molecule is NCC1(CNc2ccccc2)CCCC1. The third-order valence-electron chi connectivity index (χ3n) is 3.54. The van der Waals surface area contributed by atoms with Gasteiger partial charge in [0.05, 0.1) is 0 Å². The molecule has 3 N–H and O–H groups in total. The summed E-state index contributed by atoms with van der Waals surface area (Å²) >= 11 is 0. The summed E-state index contributed by atoms with van der Waals surface area (Å²) in [6.07, 6.45) is 5.24. The Hall–Kier alpha value is -1.02. The number of benzene rings is 1. The van der Waals surface area contributed by atoms with Crippen LogP contribution in [0.5, 0.6) is 0 Å². The van der Waals surface area contributed by atoms with Gasteiger partial charge in [0.15, 0.2) is 0 Å². The van der Waals surface area contributed by atoms with Crippen LogP contribution in [0.15, 0.2) is 30.3 Å². The highest BCUT2D eigenvalue weighted by atomic mass is 14.9. The summed E-state index contributed by atoms with van der Waals surface area (Å²) in [5, 5.41) is 3.50. The van der Waals surface area contributed by atoms with E-state index in [9.17, 15) is 0 Å². The molecule has 0 spiro atoms. The Morgan fingerprint density at radius 2 is 1.80 bits per heavy atom. The number of nitrogens with one attached hydrogen (secondary N) is 1. The quantitative estimate of drug-likeness (QED) is 0.791. The second-order valence-electron chi connectivity index (χ2n) is 4.63. The maximum absolute atomic E-state index is 5.89. The van der Waals surface area contributed by atoms with Crippen molar-refractivity contribution in [2.75, 3.05) is 18.4 Å². The molecule has 0 aliphatic heterocycles. The van der Waals surface area contributed by atoms with E-state index in [1.807, 2.05) is 6.07 Å². The van der Waals surface area contributed by atoms with E-state index in [2.05, 4.69) is 29.6 Å². The molecule has 0 unspecified atom stereocenters. The van der Waals surface area contributed by atoms with Crippen molar-refractivity contribution in [2.45, 2.75) is 25.7 Å². The number of hydrogen-bond acceptors (Lipinski definition) is 2. The van der Waals surface area contributed by atoms with Crippen LogP contribution >= 0.6 is 0 Å². The minimum absolute atomic E-state index is 0.357. The lowest BCUT2D eigenvalue weighted by molar-refractivity contribution is 0.332. The van der Waals surface area contributed by atoms with Crippen LogP contribution in [-0.2, 0) is 0 Å². The maximum atomic E-state index is 5.89. The largest absolute Gasteiger partial charge is 0.384 e. The fraction of sp³-hybridized carbons (Fsp3) is 0.538. The molecule has 2 rings (SSSR count). The number of nitrogens with two attached hydrogens (primary N) is 1. The molecule has 0 atom stereocenters. The Kier molecular flexibility index (Phi) is 3.27. The summed E-state index contributed by atoms with van der Waals surface area (Å²) in [4.78, 5) is 0. The first-order chi connectivity index (χ1) is 7.35. The van der Waals surface area contributed by atoms with Crippen LogP contribution in [0.25, 0.3) is 0 Å². The van der Waals surface area contributed by atoms with Crippen LogP contribution in [0.2, 0.25) is 0 Å². The van der Waals surface area contributed by atoms with E-state index >= 15 is 0 Å². The third-order valence-corrected chi connectivity index (χ3v) is 3.54. The van der Waals surface area contributed by atoms with E-state index < -0.39 is 0 Å². The Bertz CT molecular complexity index is 289. The molecule has 0 heterocycles. The van der Waals surface area contributed by atoms with Crippen molar-refractivity contribution in [2.24, 2.45) is 11.1 Å². The highest BCUT2D eigenvalue weighted by Gasteiger charge is 2.31. The molecular weight excluding hydrogens is 184 g/mol. The zero-order valence-electron chi connectivity index (χ0n) is 9.21. The normalized spacial score (nSPS) is 19.0. The van der Waals surface area contributed by atoms with Crippen molar-refractivity contribution < 1.29 is 0 Å². The van der Waals surface area contributed by atoms with E-state index in [4.69, 9.17) is 5.73 Å². The average molecular weight is 204 g/mol. The zero-order chi connectivity index (χ0) is 10.6. The standard InChI is InChI=1S/C13H20N2/c14-10-13(8-4-5-9-13)11-15-12-6-2-1-3-7-12/h1-3,6-7,15H,4-5,8-11,14H2. The lowest BCUT2D eigenvalue weighted by atomic mass is 9.86. The molecule has 0 saturated heterocycles. The first-order valence-electron chi connectivity index (χ1n) is 5.84. The summed E-state index contributed by atoms with van der Waals surface area (Å²) in [6, 6.07) is 10.4. The van der Waals surface area contributed by atoms with Gasteiger partial charge in [0.2, 0.25) is 0 Å². The second kappa shape index (κ2) is 4.67. The van der Waals surface area contributed by atoms with Crippen LogP contribution in [0, 0.1) is 5.41 Å². The first-order valence-corrected chi connectivity index (χ1v) is 5.84. The Labute approximate surface area is 91.9 Å². The van der Waals surface area contributed by atoms with Crippen molar-refractivity contribution >= 4 is 5.69 Å². The highest BCUT2D eigenvalue weighted by molar-refractivity contribution is 5.42. The van der Waals surface area contributed by atoms with Gasteiger partial charge < -0.3 is 11.1 Å². The molecule has 2 nitrogen and oxygen atoms in total. The van der Waals surface area contributed by atoms with Gasteiger partial charge >= 0.3 is 0 Å². The fourth-order valence-electron chi connectivity index (χ4n) is 2.42. The summed E-state index contributed by atoms with van der Waals surface area (Å²) in [5.74, 6) is 0. The minimum Gasteiger partial charge on any atom is -0.384 e. The first kappa shape index (κ1) is 10.5. The van der Waals surface area contributed by atoms with Crippen molar-refractivity contribution in [3.8, 4) is 0 Å². The van der Waals surface area contributed by atoms with E-state index in [1.54, 1.807) is 0 Å². The highest BCUT2D eigenvalue weighted by Crippen LogP contribution is 2.37. The molecule has 1 aromatic carbocycles. The van der Waals surface area contributed by atoms with E-state index in [0.717, 1.165) is 13.1 Å². The van der Waals surface area contributed by atoms with Crippen LogP contribution in [0.3, 0.4) is 0 Å². The molecule has 82 valence electrons. The zero-order valence-corrected chi connectivity index (χ0v) is 9.21. The molecule has 0 amide bonds. The fourth-order valence-corrected chi connectivity index (χ4v) is 2.42. The number of para-hydroxylation sites is 1. The molecular formula is C13H20N2. The van der Waals surface area contributed by atoms with Crippen LogP contribution in [-0.4, -0.2) is 13.1 Å². The number of rotatable bonds is 4. The van der Waals surface area contributed by atoms with Gasteiger partial charge in [-0.25, -0.2) is 0 Å². The predicted octanol–water partition coefficient (Wildman–Crippen LogP) is 2.62. The van der Waals surface area contributed by atoms with Crippen molar-refractivity contribution in [1.82, 2.24) is 0 Å². The molecule has 1 aromatic rings. The summed E-state index contributed by atoms with van der Waals surface area (Å²) < 4.78 is 0. The van der Waals surface area contributed by atoms with Crippen LogP contribution in [0.1, 0.15) is 25.7 Å². The third kappa shape index (κ3) is 2.51. The van der Waals surface area contributed by atoms with E-state index in [0.29, 0.717) is 5.41 Å². The molecule has 15 heavy (non-hydrogen) atoms. The van der Waals surface area contributed by atoms with Crippen molar-refractivity contribution in [1.29, 1.82) is 0 Å². The van der Waals surface area contributed by atoms with Gasteiger partial charge in [-0.1, -0.05) is 31.0 Å². The van der Waals surface area contributed by atoms with Crippen LogP contribution in [0.4, 0.5) is 5.69 Å². The summed E-state index contributed by atoms with van der Waals surface area (Å²) in [7, 11) is 0. The molecule has 1 aliphatic carbocycles. The van der Waals surface area contributed by atoms with Gasteiger partial charge in [-0.15, -0.1) is 0 Å². The minimum atomic E-state index is 0.357. The lowest BCUT2D eigenvalue weighted by Crippen LogP contribution is -2.34. The average Bonchev–Trinajstić information content (AvgIpc) is 2.77. The molecule has 1 aliphatic rings. The predicted molar refractivity (Wildman–Crippen MR) is 64.9 cm³/mol. The van der Waals surface area contributed by atoms with E-state index in [-0.39, 0.29) is 0 Å². The molecule has 0 bridgehead atoms. The van der Waals surface area contributed by atoms with Gasteiger partial charge in [-0.3, -0.25) is 0 Å². The van der Waals surface area contributed by atoms with Gasteiger partial charge in [0.25, 0.3) is 0 Å². The van der Waals surface area contributed by atoms with Gasteiger partial charge in [-0.05, 0) is 36.9 Å². The molecule has 0 radical (unpaired) electrons. The van der Waals surface area contributed by atoms with Gasteiger partial charge in [0, 0.05) is 12.2 Å². The Morgan fingerprint density at radius 1 is 1.13 bits per heavy atom. The van der Waals surface area contributed by atoms with Gasteiger partial charge in [-0.2, -0.15) is 0 Å². The van der Waals surface area contributed by atoms with Crippen molar-refractivity contribution in [3.63, 3.8) is 0 Å². The topological polar surface area (TPSA) is 38.0 Å². The molecule has 0 aromatic heterocycles. The Balaban J connectivity index is 1.92. The molecule has 2 heteroatoms. The smallest absolute Gasteiger partial charge is 0.0340 e. The lowest BCUT2D eigenvalue weighted by Gasteiger charge is -2.27. The summed E-state index contributed by atoms with van der Waals surface area (Å²) in [6.45, 7) is 1.83. The number of hydrogen-bond donors (Lipinski definition) is 2. The molecule has 1 fully saturated rings. The van der Waals surface area contributed by atoms with Crippen LogP contribution < -0.4 is 11.1 Å². The van der Waals surface area contributed by atoms with E-state index in [1.165, 1.54) is 31.4 Å². The monoisotopic (exact) mass is 204 g/mol. The van der Waals surface area contributed by atoms with Crippen molar-refractivity contribution in [3.05, 3.63) is 30.3 Å². The maximum Gasteiger partial charge on any atom is 0.0340 e. The van der Waals surface area contributed by atoms with Gasteiger partial charge in [0.1, 0.15) is 0 Å². The molecule has 1 saturated carbocycles. The number of anilines is 1. The second-order valence-corrected chi connectivity index (χ2v) is 4.63. The Morgan fingerprint density at radius 3 is 2.40 bits per heavy atom.